The molecule has 56 valence electrons. The minimum absolute atomic E-state index is 0.176. The molecule has 3 heteroatoms. The first-order valence-corrected chi connectivity index (χ1v) is 3.18. The maximum atomic E-state index is 8.60. The molecule has 0 radical (unpaired) electrons. The monoisotopic (exact) mass is 134 g/mol. The first-order chi connectivity index (χ1) is 4.31. The van der Waals surface area contributed by atoms with E-state index in [1.54, 1.807) is 6.92 Å². The van der Waals surface area contributed by atoms with E-state index >= 15 is 0 Å². The summed E-state index contributed by atoms with van der Waals surface area (Å²) in [5, 5.41) is 16.2. The van der Waals surface area contributed by atoms with Crippen LogP contribution >= 0.6 is 0 Å². The van der Waals surface area contributed by atoms with Crippen molar-refractivity contribution < 1.29 is 14.9 Å². The third kappa shape index (κ3) is 5.76. The molecule has 0 saturated carbocycles. The Morgan fingerprint density at radius 2 is 2.22 bits per heavy atom. The smallest absolute Gasteiger partial charge is 0.0795 e. The molecule has 3 nitrogen and oxygen atoms in total. The van der Waals surface area contributed by atoms with Crippen LogP contribution in [-0.4, -0.2) is 36.1 Å². The molecular formula is C6H14O3. The summed E-state index contributed by atoms with van der Waals surface area (Å²) in [6, 6.07) is 0. The summed E-state index contributed by atoms with van der Waals surface area (Å²) in [5.74, 6) is 0. The van der Waals surface area contributed by atoms with Gasteiger partial charge in [-0.25, -0.2) is 0 Å². The Kier molecular flexibility index (Phi) is 5.93. The van der Waals surface area contributed by atoms with Crippen molar-refractivity contribution in [3.63, 3.8) is 0 Å². The highest BCUT2D eigenvalue weighted by molar-refractivity contribution is 4.58. The van der Waals surface area contributed by atoms with Gasteiger partial charge in [0.15, 0.2) is 0 Å². The van der Waals surface area contributed by atoms with Crippen molar-refractivity contribution in [2.24, 2.45) is 0 Å². The lowest BCUT2D eigenvalue weighted by Crippen LogP contribution is -2.02. The summed E-state index contributed by atoms with van der Waals surface area (Å²) in [4.78, 5) is 0. The first kappa shape index (κ1) is 8.88. The zero-order chi connectivity index (χ0) is 7.11. The van der Waals surface area contributed by atoms with Gasteiger partial charge in [0.25, 0.3) is 0 Å². The molecule has 0 aliphatic carbocycles. The van der Waals surface area contributed by atoms with Gasteiger partial charge in [-0.05, 0) is 13.3 Å². The van der Waals surface area contributed by atoms with Crippen LogP contribution in [0.4, 0.5) is 0 Å². The van der Waals surface area contributed by atoms with Crippen LogP contribution in [0.2, 0.25) is 0 Å². The summed E-state index contributed by atoms with van der Waals surface area (Å²) in [6.07, 6.45) is 0.644. The molecule has 0 amide bonds. The van der Waals surface area contributed by atoms with E-state index in [0.29, 0.717) is 6.61 Å². The molecule has 1 rings (SSSR count). The molecule has 1 aliphatic heterocycles. The summed E-state index contributed by atoms with van der Waals surface area (Å²) >= 11 is 0. The van der Waals surface area contributed by atoms with Gasteiger partial charge in [-0.2, -0.15) is 0 Å². The number of rotatable bonds is 0. The number of hydrogen-bond acceptors (Lipinski definition) is 3. The molecule has 9 heavy (non-hydrogen) atoms. The molecule has 0 aromatic heterocycles. The lowest BCUT2D eigenvalue weighted by Gasteiger charge is -1.89. The minimum atomic E-state index is -0.176. The molecule has 1 saturated heterocycles. The normalized spacial score (nSPS) is 25.0. The van der Waals surface area contributed by atoms with Gasteiger partial charge >= 0.3 is 0 Å². The van der Waals surface area contributed by atoms with Crippen molar-refractivity contribution >= 4 is 0 Å². The molecule has 2 N–H and O–H groups in total. The summed E-state index contributed by atoms with van der Waals surface area (Å²) in [6.45, 7) is 3.21. The van der Waals surface area contributed by atoms with E-state index in [1.165, 1.54) is 0 Å². The largest absolute Gasteiger partial charge is 0.397 e. The third-order valence-corrected chi connectivity index (χ3v) is 0.906. The molecule has 1 unspecified atom stereocenters. The molecule has 1 fully saturated rings. The van der Waals surface area contributed by atoms with Gasteiger partial charge in [-0.1, -0.05) is 0 Å². The van der Waals surface area contributed by atoms with Crippen molar-refractivity contribution in [2.75, 3.05) is 19.8 Å². The van der Waals surface area contributed by atoms with E-state index in [0.717, 1.165) is 13.0 Å². The highest BCUT2D eigenvalue weighted by atomic mass is 16.5. The van der Waals surface area contributed by atoms with Crippen LogP contribution in [-0.2, 0) is 4.74 Å². The van der Waals surface area contributed by atoms with Crippen LogP contribution in [0, 0.1) is 0 Å². The predicted molar refractivity (Wildman–Crippen MR) is 34.2 cm³/mol. The van der Waals surface area contributed by atoms with Gasteiger partial charge in [0, 0.05) is 13.2 Å². The van der Waals surface area contributed by atoms with Crippen LogP contribution in [0.3, 0.4) is 0 Å². The van der Waals surface area contributed by atoms with Gasteiger partial charge in [0.1, 0.15) is 0 Å². The quantitative estimate of drug-likeness (QED) is 0.481. The van der Waals surface area contributed by atoms with Gasteiger partial charge in [-0.3, -0.25) is 0 Å². The van der Waals surface area contributed by atoms with E-state index < -0.39 is 0 Å². The minimum Gasteiger partial charge on any atom is -0.397 e. The summed E-state index contributed by atoms with van der Waals surface area (Å²) < 4.78 is 4.81. The SMILES string of the molecule is CCO.OC1CCOC1. The zero-order valence-corrected chi connectivity index (χ0v) is 5.71. The van der Waals surface area contributed by atoms with Crippen molar-refractivity contribution in [2.45, 2.75) is 19.4 Å². The molecule has 0 aromatic carbocycles. The van der Waals surface area contributed by atoms with Crippen LogP contribution in [0.1, 0.15) is 13.3 Å². The highest BCUT2D eigenvalue weighted by Crippen LogP contribution is 2.00. The fraction of sp³-hybridized carbons (Fsp3) is 1.00. The fourth-order valence-corrected chi connectivity index (χ4v) is 0.522. The van der Waals surface area contributed by atoms with Crippen LogP contribution < -0.4 is 0 Å². The number of ether oxygens (including phenoxy) is 1. The van der Waals surface area contributed by atoms with Crippen LogP contribution in [0.5, 0.6) is 0 Å². The summed E-state index contributed by atoms with van der Waals surface area (Å²) in [5.41, 5.74) is 0. The van der Waals surface area contributed by atoms with Gasteiger partial charge in [0.05, 0.1) is 12.7 Å². The van der Waals surface area contributed by atoms with E-state index in [-0.39, 0.29) is 12.7 Å². The lowest BCUT2D eigenvalue weighted by atomic mass is 10.3. The molecule has 1 heterocycles. The van der Waals surface area contributed by atoms with Crippen LogP contribution in [0.25, 0.3) is 0 Å². The highest BCUT2D eigenvalue weighted by Gasteiger charge is 2.09. The Labute approximate surface area is 55.3 Å². The standard InChI is InChI=1S/C4H8O2.C2H6O/c5-4-1-2-6-3-4;1-2-3/h4-5H,1-3H2;3H,2H2,1H3. The van der Waals surface area contributed by atoms with Gasteiger partial charge < -0.3 is 14.9 Å². The van der Waals surface area contributed by atoms with E-state index in [1.807, 2.05) is 0 Å². The first-order valence-electron chi connectivity index (χ1n) is 3.18. The number of aliphatic hydroxyl groups is 2. The predicted octanol–water partition coefficient (Wildman–Crippen LogP) is -0.234. The summed E-state index contributed by atoms with van der Waals surface area (Å²) in [7, 11) is 0. The topological polar surface area (TPSA) is 49.7 Å². The molecule has 1 atom stereocenters. The lowest BCUT2D eigenvalue weighted by molar-refractivity contribution is 0.127. The van der Waals surface area contributed by atoms with Crippen molar-refractivity contribution in [1.82, 2.24) is 0 Å². The third-order valence-electron chi connectivity index (χ3n) is 0.906. The molecule has 0 spiro atoms. The van der Waals surface area contributed by atoms with Crippen LogP contribution in [0.15, 0.2) is 0 Å². The maximum absolute atomic E-state index is 8.60. The number of aliphatic hydroxyl groups excluding tert-OH is 2. The maximum Gasteiger partial charge on any atom is 0.0795 e. The Bertz CT molecular complexity index is 50.3. The Morgan fingerprint density at radius 1 is 1.67 bits per heavy atom. The average molecular weight is 134 g/mol. The van der Waals surface area contributed by atoms with E-state index in [2.05, 4.69) is 0 Å². The second kappa shape index (κ2) is 6.01. The van der Waals surface area contributed by atoms with Crippen molar-refractivity contribution in [3.05, 3.63) is 0 Å². The zero-order valence-electron chi connectivity index (χ0n) is 5.71. The second-order valence-corrected chi connectivity index (χ2v) is 1.83. The second-order valence-electron chi connectivity index (χ2n) is 1.83. The average Bonchev–Trinajstić information content (AvgIpc) is 2.20. The van der Waals surface area contributed by atoms with Crippen molar-refractivity contribution in [3.8, 4) is 0 Å². The Hall–Kier alpha value is -0.120. The molecular weight excluding hydrogens is 120 g/mol. The van der Waals surface area contributed by atoms with Gasteiger partial charge in [0.2, 0.25) is 0 Å². The van der Waals surface area contributed by atoms with E-state index in [9.17, 15) is 0 Å². The van der Waals surface area contributed by atoms with E-state index in [4.69, 9.17) is 14.9 Å². The Balaban J connectivity index is 0.000000187. The van der Waals surface area contributed by atoms with Gasteiger partial charge in [-0.15, -0.1) is 0 Å². The molecule has 0 aromatic rings. The molecule has 1 aliphatic rings. The number of hydrogen-bond donors (Lipinski definition) is 2. The Morgan fingerprint density at radius 3 is 2.33 bits per heavy atom. The van der Waals surface area contributed by atoms with Crippen molar-refractivity contribution in [1.29, 1.82) is 0 Å². The fourth-order valence-electron chi connectivity index (χ4n) is 0.522. The molecule has 0 bridgehead atoms.